The van der Waals surface area contributed by atoms with Gasteiger partial charge < -0.3 is 0 Å². The van der Waals surface area contributed by atoms with Crippen LogP contribution in [0, 0.1) is 0 Å². The molecule has 0 radical (unpaired) electrons. The van der Waals surface area contributed by atoms with E-state index in [1.807, 2.05) is 0 Å². The van der Waals surface area contributed by atoms with Gasteiger partial charge in [0.25, 0.3) is 0 Å². The molecule has 1 aliphatic heterocycles. The van der Waals surface area contributed by atoms with Crippen LogP contribution in [0.4, 0.5) is 0 Å². The lowest BCUT2D eigenvalue weighted by Gasteiger charge is -2.11. The number of rotatable bonds is 2. The molecule has 1 unspecified atom stereocenters. The largest absolute Gasteiger partial charge is 0.242 e. The molecular weight excluding hydrogens is 198 g/mol. The van der Waals surface area contributed by atoms with Crippen molar-refractivity contribution in [3.8, 4) is 0 Å². The molecule has 1 aliphatic rings. The minimum absolute atomic E-state index is 0.393. The van der Waals surface area contributed by atoms with Crippen molar-refractivity contribution < 1.29 is 0 Å². The van der Waals surface area contributed by atoms with Crippen LogP contribution in [-0.4, -0.2) is 14.8 Å². The zero-order chi connectivity index (χ0) is 11.0. The van der Waals surface area contributed by atoms with Crippen molar-refractivity contribution in [2.75, 3.05) is 0 Å². The average Bonchev–Trinajstić information content (AvgIpc) is 2.88. The van der Waals surface area contributed by atoms with Gasteiger partial charge in [0.1, 0.15) is 5.82 Å². The molecule has 0 aliphatic carbocycles. The van der Waals surface area contributed by atoms with Gasteiger partial charge in [0, 0.05) is 12.8 Å². The van der Waals surface area contributed by atoms with Gasteiger partial charge in [-0.3, -0.25) is 0 Å². The summed E-state index contributed by atoms with van der Waals surface area (Å²) in [6.07, 6.45) is 3.09. The molecule has 0 fully saturated rings. The van der Waals surface area contributed by atoms with Crippen molar-refractivity contribution in [2.45, 2.75) is 32.2 Å². The molecule has 0 amide bonds. The fourth-order valence-electron chi connectivity index (χ4n) is 2.35. The highest BCUT2D eigenvalue weighted by Crippen LogP contribution is 2.29. The summed E-state index contributed by atoms with van der Waals surface area (Å²) in [6.45, 7) is 2.10. The quantitative estimate of drug-likeness (QED) is 0.766. The highest BCUT2D eigenvalue weighted by Gasteiger charge is 2.26. The standard InChI is InChI=1S/C13H15N3/c1-2-12-14-13-9-8-11(16(13)15-12)10-6-4-3-5-7-10/h3-7,11H,2,8-9H2,1H3. The Hall–Kier alpha value is -1.64. The van der Waals surface area contributed by atoms with Crippen molar-refractivity contribution >= 4 is 0 Å². The van der Waals surface area contributed by atoms with Crippen molar-refractivity contribution in [1.29, 1.82) is 0 Å². The normalized spacial score (nSPS) is 18.7. The van der Waals surface area contributed by atoms with Gasteiger partial charge >= 0.3 is 0 Å². The van der Waals surface area contributed by atoms with E-state index in [0.717, 1.165) is 30.9 Å². The molecule has 3 nitrogen and oxygen atoms in total. The molecule has 3 heteroatoms. The first kappa shape index (κ1) is 9.58. The van der Waals surface area contributed by atoms with E-state index in [1.54, 1.807) is 0 Å². The molecule has 2 heterocycles. The third kappa shape index (κ3) is 1.43. The topological polar surface area (TPSA) is 30.7 Å². The number of hydrogen-bond acceptors (Lipinski definition) is 2. The number of benzene rings is 1. The second kappa shape index (κ2) is 3.74. The third-order valence-corrected chi connectivity index (χ3v) is 3.18. The van der Waals surface area contributed by atoms with E-state index in [0.29, 0.717) is 6.04 Å². The Morgan fingerprint density at radius 2 is 2.12 bits per heavy atom. The van der Waals surface area contributed by atoms with E-state index >= 15 is 0 Å². The monoisotopic (exact) mass is 213 g/mol. The Balaban J connectivity index is 1.99. The third-order valence-electron chi connectivity index (χ3n) is 3.18. The molecule has 0 N–H and O–H groups in total. The maximum atomic E-state index is 4.57. The Morgan fingerprint density at radius 1 is 1.31 bits per heavy atom. The molecule has 1 aromatic heterocycles. The average molecular weight is 213 g/mol. The summed E-state index contributed by atoms with van der Waals surface area (Å²) in [5.41, 5.74) is 1.34. The summed E-state index contributed by atoms with van der Waals surface area (Å²) < 4.78 is 2.11. The van der Waals surface area contributed by atoms with Gasteiger partial charge in [-0.05, 0) is 12.0 Å². The van der Waals surface area contributed by atoms with Gasteiger partial charge in [0.05, 0.1) is 6.04 Å². The van der Waals surface area contributed by atoms with E-state index in [1.165, 1.54) is 5.56 Å². The second-order valence-corrected chi connectivity index (χ2v) is 4.21. The van der Waals surface area contributed by atoms with Crippen LogP contribution in [0.15, 0.2) is 30.3 Å². The lowest BCUT2D eigenvalue weighted by Crippen LogP contribution is -2.07. The molecule has 3 rings (SSSR count). The second-order valence-electron chi connectivity index (χ2n) is 4.21. The first-order valence-corrected chi connectivity index (χ1v) is 5.87. The van der Waals surface area contributed by atoms with Crippen LogP contribution in [0.3, 0.4) is 0 Å². The highest BCUT2D eigenvalue weighted by molar-refractivity contribution is 5.22. The summed E-state index contributed by atoms with van der Waals surface area (Å²) >= 11 is 0. The number of aryl methyl sites for hydroxylation is 2. The maximum Gasteiger partial charge on any atom is 0.150 e. The molecule has 16 heavy (non-hydrogen) atoms. The molecule has 82 valence electrons. The van der Waals surface area contributed by atoms with Crippen molar-refractivity contribution in [3.63, 3.8) is 0 Å². The van der Waals surface area contributed by atoms with Crippen LogP contribution in [0.5, 0.6) is 0 Å². The summed E-state index contributed by atoms with van der Waals surface area (Å²) in [6, 6.07) is 11.0. The van der Waals surface area contributed by atoms with Gasteiger partial charge in [0.15, 0.2) is 5.82 Å². The number of hydrogen-bond donors (Lipinski definition) is 0. The van der Waals surface area contributed by atoms with Crippen LogP contribution in [0.2, 0.25) is 0 Å². The van der Waals surface area contributed by atoms with Gasteiger partial charge in [-0.25, -0.2) is 9.67 Å². The highest BCUT2D eigenvalue weighted by atomic mass is 15.4. The van der Waals surface area contributed by atoms with Crippen LogP contribution in [0.1, 0.15) is 36.6 Å². The molecule has 2 aromatic rings. The summed E-state index contributed by atoms with van der Waals surface area (Å²) in [5.74, 6) is 2.11. The van der Waals surface area contributed by atoms with E-state index in [4.69, 9.17) is 0 Å². The lowest BCUT2D eigenvalue weighted by molar-refractivity contribution is 0.549. The first-order valence-electron chi connectivity index (χ1n) is 5.87. The molecule has 0 bridgehead atoms. The van der Waals surface area contributed by atoms with Crippen LogP contribution >= 0.6 is 0 Å². The van der Waals surface area contributed by atoms with Crippen LogP contribution < -0.4 is 0 Å². The predicted molar refractivity (Wildman–Crippen MR) is 62.3 cm³/mol. The molecule has 0 spiro atoms. The van der Waals surface area contributed by atoms with E-state index in [-0.39, 0.29) is 0 Å². The Morgan fingerprint density at radius 3 is 2.88 bits per heavy atom. The van der Waals surface area contributed by atoms with Crippen LogP contribution in [0.25, 0.3) is 0 Å². The fraction of sp³-hybridized carbons (Fsp3) is 0.385. The summed E-state index contributed by atoms with van der Waals surface area (Å²) in [4.78, 5) is 4.54. The minimum atomic E-state index is 0.393. The van der Waals surface area contributed by atoms with Crippen molar-refractivity contribution in [3.05, 3.63) is 47.5 Å². The number of aromatic nitrogens is 3. The molecule has 0 saturated heterocycles. The SMILES string of the molecule is CCc1nc2n(n1)C(c1ccccc1)CC2. The summed E-state index contributed by atoms with van der Waals surface area (Å²) in [5, 5.41) is 4.57. The number of fused-ring (bicyclic) bond motifs is 1. The van der Waals surface area contributed by atoms with Gasteiger partial charge in [0.2, 0.25) is 0 Å². The minimum Gasteiger partial charge on any atom is -0.242 e. The Kier molecular flexibility index (Phi) is 2.24. The Bertz CT molecular complexity index is 487. The van der Waals surface area contributed by atoms with Gasteiger partial charge in [-0.1, -0.05) is 37.3 Å². The summed E-state index contributed by atoms with van der Waals surface area (Å²) in [7, 11) is 0. The van der Waals surface area contributed by atoms with Gasteiger partial charge in [-0.15, -0.1) is 0 Å². The molecule has 1 aromatic carbocycles. The fourth-order valence-corrected chi connectivity index (χ4v) is 2.35. The zero-order valence-corrected chi connectivity index (χ0v) is 9.43. The zero-order valence-electron chi connectivity index (χ0n) is 9.43. The first-order chi connectivity index (χ1) is 7.88. The van der Waals surface area contributed by atoms with Crippen molar-refractivity contribution in [1.82, 2.24) is 14.8 Å². The Labute approximate surface area is 95.1 Å². The van der Waals surface area contributed by atoms with E-state index < -0.39 is 0 Å². The van der Waals surface area contributed by atoms with E-state index in [2.05, 4.69) is 52.0 Å². The van der Waals surface area contributed by atoms with E-state index in [9.17, 15) is 0 Å². The number of nitrogens with zero attached hydrogens (tertiary/aromatic N) is 3. The van der Waals surface area contributed by atoms with Gasteiger partial charge in [-0.2, -0.15) is 5.10 Å². The van der Waals surface area contributed by atoms with Crippen LogP contribution in [-0.2, 0) is 12.8 Å². The van der Waals surface area contributed by atoms with Crippen molar-refractivity contribution in [2.24, 2.45) is 0 Å². The lowest BCUT2D eigenvalue weighted by atomic mass is 10.1. The molecule has 1 atom stereocenters. The molecule has 0 saturated carbocycles. The smallest absolute Gasteiger partial charge is 0.150 e. The molecular formula is C13H15N3. The predicted octanol–water partition coefficient (Wildman–Crippen LogP) is 2.38. The maximum absolute atomic E-state index is 4.57.